The van der Waals surface area contributed by atoms with Crippen LogP contribution < -0.4 is 0 Å². The van der Waals surface area contributed by atoms with Crippen LogP contribution in [0.5, 0.6) is 0 Å². The number of aromatic nitrogens is 2. The van der Waals surface area contributed by atoms with Gasteiger partial charge in [0.15, 0.2) is 11.5 Å². The van der Waals surface area contributed by atoms with Gasteiger partial charge in [-0.2, -0.15) is 0 Å². The van der Waals surface area contributed by atoms with Gasteiger partial charge in [-0.25, -0.2) is 13.6 Å². The Kier molecular flexibility index (Phi) is 2.89. The second-order valence-electron chi connectivity index (χ2n) is 3.14. The zero-order valence-electron chi connectivity index (χ0n) is 8.50. The number of ether oxygens (including phenoxy) is 1. The highest BCUT2D eigenvalue weighted by Gasteiger charge is 2.18. The summed E-state index contributed by atoms with van der Waals surface area (Å²) in [5, 5.41) is 6.70. The molecule has 1 aromatic heterocycles. The number of carbonyl (C=O) groups excluding carboxylic acids is 1. The van der Waals surface area contributed by atoms with Crippen LogP contribution in [0.1, 0.15) is 10.5 Å². The Balaban J connectivity index is 2.79. The fourth-order valence-corrected chi connectivity index (χ4v) is 1.59. The maximum atomic E-state index is 13.3. The van der Waals surface area contributed by atoms with Crippen molar-refractivity contribution in [3.05, 3.63) is 34.5 Å². The van der Waals surface area contributed by atoms with Gasteiger partial charge in [-0.1, -0.05) is 11.6 Å². The number of nitrogens with zero attached hydrogens (tertiary/aromatic N) is 2. The van der Waals surface area contributed by atoms with Crippen LogP contribution in [-0.2, 0) is 4.74 Å². The highest BCUT2D eigenvalue weighted by molar-refractivity contribution is 6.37. The summed E-state index contributed by atoms with van der Waals surface area (Å²) >= 11 is 5.82. The largest absolute Gasteiger partial charge is 0.464 e. The molecule has 17 heavy (non-hydrogen) atoms. The molecule has 2 aromatic rings. The van der Waals surface area contributed by atoms with E-state index in [4.69, 9.17) is 11.6 Å². The molecule has 7 heteroatoms. The van der Waals surface area contributed by atoms with E-state index in [0.29, 0.717) is 6.07 Å². The SMILES string of the molecule is COC(=O)c1nnc2c(F)cc(F)cc2c1Cl. The third kappa shape index (κ3) is 1.91. The zero-order chi connectivity index (χ0) is 12.6. The van der Waals surface area contributed by atoms with E-state index >= 15 is 0 Å². The fourth-order valence-electron chi connectivity index (χ4n) is 1.33. The molecule has 0 radical (unpaired) electrons. The van der Waals surface area contributed by atoms with E-state index in [1.807, 2.05) is 0 Å². The topological polar surface area (TPSA) is 52.1 Å². The average molecular weight is 259 g/mol. The molecule has 88 valence electrons. The molecule has 1 heterocycles. The molecule has 0 aliphatic heterocycles. The minimum absolute atomic E-state index is 0.0282. The first-order valence-electron chi connectivity index (χ1n) is 4.44. The van der Waals surface area contributed by atoms with Crippen LogP contribution in [0.15, 0.2) is 12.1 Å². The van der Waals surface area contributed by atoms with Gasteiger partial charge in [0.25, 0.3) is 0 Å². The lowest BCUT2D eigenvalue weighted by molar-refractivity contribution is 0.0593. The Labute approximate surface area is 99.2 Å². The van der Waals surface area contributed by atoms with Crippen molar-refractivity contribution in [2.45, 2.75) is 0 Å². The lowest BCUT2D eigenvalue weighted by Gasteiger charge is -2.04. The summed E-state index contributed by atoms with van der Waals surface area (Å²) < 4.78 is 30.8. The summed E-state index contributed by atoms with van der Waals surface area (Å²) in [6.45, 7) is 0. The monoisotopic (exact) mass is 258 g/mol. The number of hydrogen-bond acceptors (Lipinski definition) is 4. The van der Waals surface area contributed by atoms with Crippen LogP contribution in [0.4, 0.5) is 8.78 Å². The first-order valence-corrected chi connectivity index (χ1v) is 4.81. The van der Waals surface area contributed by atoms with Crippen LogP contribution in [0.2, 0.25) is 5.02 Å². The molecular formula is C10H5ClF2N2O2. The number of halogens is 3. The zero-order valence-corrected chi connectivity index (χ0v) is 9.26. The molecule has 2 rings (SSSR count). The van der Waals surface area contributed by atoms with E-state index < -0.39 is 17.6 Å². The Morgan fingerprint density at radius 2 is 2.06 bits per heavy atom. The van der Waals surface area contributed by atoms with Crippen LogP contribution in [0, 0.1) is 11.6 Å². The summed E-state index contributed by atoms with van der Waals surface area (Å²) in [5.74, 6) is -2.54. The summed E-state index contributed by atoms with van der Waals surface area (Å²) in [6, 6.07) is 1.63. The van der Waals surface area contributed by atoms with Gasteiger partial charge in [0.2, 0.25) is 0 Å². The molecule has 0 aliphatic carbocycles. The molecular weight excluding hydrogens is 254 g/mol. The molecule has 0 N–H and O–H groups in total. The van der Waals surface area contributed by atoms with Crippen LogP contribution in [0.25, 0.3) is 10.9 Å². The third-order valence-electron chi connectivity index (χ3n) is 2.10. The van der Waals surface area contributed by atoms with E-state index in [-0.39, 0.29) is 21.6 Å². The van der Waals surface area contributed by atoms with Gasteiger partial charge >= 0.3 is 5.97 Å². The molecule has 0 amide bonds. The Bertz CT molecular complexity index is 619. The number of benzene rings is 1. The minimum Gasteiger partial charge on any atom is -0.464 e. The van der Waals surface area contributed by atoms with Gasteiger partial charge in [-0.3, -0.25) is 0 Å². The van der Waals surface area contributed by atoms with Gasteiger partial charge in [0.05, 0.1) is 12.1 Å². The second kappa shape index (κ2) is 4.21. The highest BCUT2D eigenvalue weighted by Crippen LogP contribution is 2.27. The first-order chi connectivity index (χ1) is 8.04. The standard InChI is InChI=1S/C10H5ClF2N2O2/c1-17-10(16)9-7(11)5-2-4(12)3-6(13)8(5)14-15-9/h2-3H,1H3. The molecule has 0 saturated carbocycles. The molecule has 0 atom stereocenters. The van der Waals surface area contributed by atoms with E-state index in [2.05, 4.69) is 14.9 Å². The molecule has 0 unspecified atom stereocenters. The number of fused-ring (bicyclic) bond motifs is 1. The predicted molar refractivity (Wildman–Crippen MR) is 55.8 cm³/mol. The Morgan fingerprint density at radius 3 is 2.71 bits per heavy atom. The summed E-state index contributed by atoms with van der Waals surface area (Å²) in [7, 11) is 1.14. The van der Waals surface area contributed by atoms with Gasteiger partial charge in [0.1, 0.15) is 11.3 Å². The normalized spacial score (nSPS) is 10.6. The Hall–Kier alpha value is -1.82. The Morgan fingerprint density at radius 1 is 1.35 bits per heavy atom. The summed E-state index contributed by atoms with van der Waals surface area (Å²) in [5.41, 5.74) is -0.490. The first kappa shape index (κ1) is 11.7. The van der Waals surface area contributed by atoms with Crippen LogP contribution in [0.3, 0.4) is 0 Å². The van der Waals surface area contributed by atoms with E-state index in [1.165, 1.54) is 0 Å². The number of rotatable bonds is 1. The molecule has 4 nitrogen and oxygen atoms in total. The summed E-state index contributed by atoms with van der Waals surface area (Å²) in [6.07, 6.45) is 0. The maximum Gasteiger partial charge on any atom is 0.360 e. The average Bonchev–Trinajstić information content (AvgIpc) is 2.29. The van der Waals surface area contributed by atoms with E-state index in [9.17, 15) is 13.6 Å². The molecule has 0 aliphatic rings. The summed E-state index contributed by atoms with van der Waals surface area (Å²) in [4.78, 5) is 11.3. The smallest absolute Gasteiger partial charge is 0.360 e. The molecule has 0 saturated heterocycles. The number of methoxy groups -OCH3 is 1. The fraction of sp³-hybridized carbons (Fsp3) is 0.100. The third-order valence-corrected chi connectivity index (χ3v) is 2.48. The van der Waals surface area contributed by atoms with Crippen molar-refractivity contribution < 1.29 is 18.3 Å². The van der Waals surface area contributed by atoms with Crippen molar-refractivity contribution >= 4 is 28.5 Å². The van der Waals surface area contributed by atoms with Crippen LogP contribution >= 0.6 is 11.6 Å². The minimum atomic E-state index is -0.897. The quantitative estimate of drug-likeness (QED) is 0.737. The molecule has 0 spiro atoms. The second-order valence-corrected chi connectivity index (χ2v) is 3.52. The number of carbonyl (C=O) groups is 1. The van der Waals surface area contributed by atoms with Crippen molar-refractivity contribution in [2.75, 3.05) is 7.11 Å². The lowest BCUT2D eigenvalue weighted by atomic mass is 10.2. The molecule has 1 aromatic carbocycles. The highest BCUT2D eigenvalue weighted by atomic mass is 35.5. The van der Waals surface area contributed by atoms with Gasteiger partial charge in [-0.15, -0.1) is 10.2 Å². The van der Waals surface area contributed by atoms with Crippen molar-refractivity contribution in [1.29, 1.82) is 0 Å². The maximum absolute atomic E-state index is 13.3. The van der Waals surface area contributed by atoms with Crippen molar-refractivity contribution in [2.24, 2.45) is 0 Å². The predicted octanol–water partition coefficient (Wildman–Crippen LogP) is 2.35. The van der Waals surface area contributed by atoms with Crippen LogP contribution in [-0.4, -0.2) is 23.3 Å². The van der Waals surface area contributed by atoms with Gasteiger partial charge in [0, 0.05) is 11.5 Å². The number of esters is 1. The van der Waals surface area contributed by atoms with E-state index in [1.54, 1.807) is 0 Å². The molecule has 0 fully saturated rings. The van der Waals surface area contributed by atoms with Gasteiger partial charge < -0.3 is 4.74 Å². The van der Waals surface area contributed by atoms with E-state index in [0.717, 1.165) is 13.2 Å². The van der Waals surface area contributed by atoms with Gasteiger partial charge in [-0.05, 0) is 6.07 Å². The lowest BCUT2D eigenvalue weighted by Crippen LogP contribution is -2.07. The van der Waals surface area contributed by atoms with Crippen molar-refractivity contribution in [1.82, 2.24) is 10.2 Å². The number of hydrogen-bond donors (Lipinski definition) is 0. The molecule has 0 bridgehead atoms. The van der Waals surface area contributed by atoms with Crippen molar-refractivity contribution in [3.63, 3.8) is 0 Å². The van der Waals surface area contributed by atoms with Crippen molar-refractivity contribution in [3.8, 4) is 0 Å².